The van der Waals surface area contributed by atoms with E-state index < -0.39 is 34.5 Å². The molecule has 2 rings (SSSR count). The van der Waals surface area contributed by atoms with Gasteiger partial charge < -0.3 is 10.1 Å². The normalized spacial score (nSPS) is 12.2. The van der Waals surface area contributed by atoms with Gasteiger partial charge in [0, 0.05) is 5.69 Å². The summed E-state index contributed by atoms with van der Waals surface area (Å²) in [4.78, 5) is 24.8. The number of benzene rings is 2. The van der Waals surface area contributed by atoms with Gasteiger partial charge in [-0.05, 0) is 56.5 Å². The Hall–Kier alpha value is -2.87. The van der Waals surface area contributed by atoms with Crippen molar-refractivity contribution in [2.45, 2.75) is 33.8 Å². The van der Waals surface area contributed by atoms with Crippen LogP contribution in [0.15, 0.2) is 42.5 Å². The van der Waals surface area contributed by atoms with Gasteiger partial charge in [0.25, 0.3) is 5.91 Å². The van der Waals surface area contributed by atoms with Gasteiger partial charge in [0.2, 0.25) is 10.0 Å². The number of aryl methyl sites for hydroxylation is 3. The molecule has 0 heterocycles. The van der Waals surface area contributed by atoms with Crippen molar-refractivity contribution in [2.24, 2.45) is 0 Å². The number of hydrogen-bond acceptors (Lipinski definition) is 5. The van der Waals surface area contributed by atoms with E-state index in [0.29, 0.717) is 16.9 Å². The number of nitrogens with zero attached hydrogens (tertiary/aromatic N) is 1. The maximum absolute atomic E-state index is 12.4. The van der Waals surface area contributed by atoms with E-state index in [0.717, 1.165) is 21.7 Å². The van der Waals surface area contributed by atoms with E-state index in [1.54, 1.807) is 31.2 Å². The summed E-state index contributed by atoms with van der Waals surface area (Å²) in [7, 11) is -3.72. The van der Waals surface area contributed by atoms with Crippen molar-refractivity contribution in [3.63, 3.8) is 0 Å². The molecule has 1 N–H and O–H groups in total. The molecule has 0 aliphatic carbocycles. The zero-order valence-electron chi connectivity index (χ0n) is 17.2. The van der Waals surface area contributed by atoms with Gasteiger partial charge in [-0.3, -0.25) is 13.9 Å². The zero-order valence-corrected chi connectivity index (χ0v) is 18.0. The molecule has 29 heavy (non-hydrogen) atoms. The Morgan fingerprint density at radius 1 is 1.07 bits per heavy atom. The number of anilines is 2. The summed E-state index contributed by atoms with van der Waals surface area (Å²) in [5.41, 5.74) is 3.59. The fourth-order valence-electron chi connectivity index (χ4n) is 2.73. The minimum Gasteiger partial charge on any atom is -0.451 e. The molecular formula is C21H26N2O5S. The monoisotopic (exact) mass is 418 g/mol. The van der Waals surface area contributed by atoms with Gasteiger partial charge >= 0.3 is 5.97 Å². The molecule has 8 heteroatoms. The van der Waals surface area contributed by atoms with E-state index in [-0.39, 0.29) is 0 Å². The van der Waals surface area contributed by atoms with Gasteiger partial charge in [-0.25, -0.2) is 8.42 Å². The van der Waals surface area contributed by atoms with E-state index >= 15 is 0 Å². The number of carbonyl (C=O) groups excluding carboxylic acids is 2. The Kier molecular flexibility index (Phi) is 7.02. The van der Waals surface area contributed by atoms with Crippen molar-refractivity contribution in [3.8, 4) is 0 Å². The van der Waals surface area contributed by atoms with Crippen LogP contribution in [0.2, 0.25) is 0 Å². The van der Waals surface area contributed by atoms with E-state index in [2.05, 4.69) is 5.32 Å². The quantitative estimate of drug-likeness (QED) is 0.698. The largest absolute Gasteiger partial charge is 0.451 e. The Balaban J connectivity index is 2.08. The minimum atomic E-state index is -3.72. The first-order chi connectivity index (χ1) is 13.5. The molecule has 0 fully saturated rings. The van der Waals surface area contributed by atoms with E-state index in [1.807, 2.05) is 32.0 Å². The number of para-hydroxylation sites is 1. The summed E-state index contributed by atoms with van der Waals surface area (Å²) in [5.74, 6) is -1.31. The molecule has 0 saturated heterocycles. The van der Waals surface area contributed by atoms with Crippen LogP contribution < -0.4 is 9.62 Å². The molecular weight excluding hydrogens is 392 g/mol. The average molecular weight is 419 g/mol. The number of sulfonamides is 1. The third-order valence-corrected chi connectivity index (χ3v) is 5.51. The molecule has 0 spiro atoms. The molecule has 0 aliphatic heterocycles. The topological polar surface area (TPSA) is 92.8 Å². The van der Waals surface area contributed by atoms with Gasteiger partial charge in [-0.15, -0.1) is 0 Å². The molecule has 156 valence electrons. The number of esters is 1. The van der Waals surface area contributed by atoms with E-state index in [1.165, 1.54) is 6.92 Å². The summed E-state index contributed by atoms with van der Waals surface area (Å²) in [6.07, 6.45) is -0.0655. The lowest BCUT2D eigenvalue weighted by molar-refractivity contribution is -0.151. The van der Waals surface area contributed by atoms with Crippen LogP contribution in [0.5, 0.6) is 0 Å². The number of rotatable bonds is 7. The summed E-state index contributed by atoms with van der Waals surface area (Å²) in [5, 5.41) is 2.73. The van der Waals surface area contributed by atoms with Crippen molar-refractivity contribution in [1.29, 1.82) is 0 Å². The molecule has 1 atom stereocenters. The van der Waals surface area contributed by atoms with Crippen molar-refractivity contribution < 1.29 is 22.7 Å². The lowest BCUT2D eigenvalue weighted by Gasteiger charge is -2.24. The summed E-state index contributed by atoms with van der Waals surface area (Å²) < 4.78 is 30.5. The fraction of sp³-hybridized carbons (Fsp3) is 0.333. The number of carbonyl (C=O) groups is 2. The Bertz CT molecular complexity index is 1020. The first-order valence-corrected chi connectivity index (χ1v) is 10.9. The van der Waals surface area contributed by atoms with Crippen LogP contribution in [0, 0.1) is 20.8 Å². The molecule has 2 aromatic carbocycles. The maximum atomic E-state index is 12.4. The third-order valence-electron chi connectivity index (χ3n) is 4.39. The number of nitrogens with one attached hydrogen (secondary N) is 1. The number of amides is 1. The molecule has 2 aromatic rings. The van der Waals surface area contributed by atoms with Gasteiger partial charge in [-0.2, -0.15) is 0 Å². The predicted molar refractivity (Wildman–Crippen MR) is 113 cm³/mol. The van der Waals surface area contributed by atoms with Crippen LogP contribution >= 0.6 is 0 Å². The molecule has 7 nitrogen and oxygen atoms in total. The van der Waals surface area contributed by atoms with Crippen LogP contribution in [-0.2, 0) is 24.3 Å². The molecule has 0 radical (unpaired) electrons. The summed E-state index contributed by atoms with van der Waals surface area (Å²) in [6.45, 7) is 6.43. The van der Waals surface area contributed by atoms with Crippen molar-refractivity contribution in [3.05, 3.63) is 59.2 Å². The van der Waals surface area contributed by atoms with E-state index in [9.17, 15) is 18.0 Å². The van der Waals surface area contributed by atoms with Crippen molar-refractivity contribution in [1.82, 2.24) is 0 Å². The summed E-state index contributed by atoms with van der Waals surface area (Å²) >= 11 is 0. The number of hydrogen-bond donors (Lipinski definition) is 1. The van der Waals surface area contributed by atoms with Crippen LogP contribution in [0.25, 0.3) is 0 Å². The Morgan fingerprint density at radius 3 is 2.34 bits per heavy atom. The van der Waals surface area contributed by atoms with Crippen LogP contribution in [-0.4, -0.2) is 39.2 Å². The zero-order chi connectivity index (χ0) is 21.8. The molecule has 0 aliphatic rings. The highest BCUT2D eigenvalue weighted by Gasteiger charge is 2.25. The first-order valence-electron chi connectivity index (χ1n) is 9.10. The van der Waals surface area contributed by atoms with Crippen LogP contribution in [0.4, 0.5) is 11.4 Å². The lowest BCUT2D eigenvalue weighted by atomic mass is 10.1. The second-order valence-corrected chi connectivity index (χ2v) is 8.90. The van der Waals surface area contributed by atoms with Gasteiger partial charge in [-0.1, -0.05) is 30.3 Å². The summed E-state index contributed by atoms with van der Waals surface area (Å²) in [6, 6.07) is 12.5. The van der Waals surface area contributed by atoms with Gasteiger partial charge in [0.1, 0.15) is 6.54 Å². The second kappa shape index (κ2) is 9.09. The second-order valence-electron chi connectivity index (χ2n) is 7.00. The highest BCUT2D eigenvalue weighted by Crippen LogP contribution is 2.22. The van der Waals surface area contributed by atoms with Gasteiger partial charge in [0.15, 0.2) is 6.10 Å². The minimum absolute atomic E-state index is 0.388. The smallest absolute Gasteiger partial charge is 0.327 e. The van der Waals surface area contributed by atoms with Crippen LogP contribution in [0.3, 0.4) is 0 Å². The van der Waals surface area contributed by atoms with Crippen molar-refractivity contribution >= 4 is 33.3 Å². The third kappa shape index (κ3) is 6.05. The average Bonchev–Trinajstić information content (AvgIpc) is 2.62. The van der Waals surface area contributed by atoms with Gasteiger partial charge in [0.05, 0.1) is 11.9 Å². The maximum Gasteiger partial charge on any atom is 0.327 e. The van der Waals surface area contributed by atoms with Crippen molar-refractivity contribution in [2.75, 3.05) is 22.4 Å². The highest BCUT2D eigenvalue weighted by molar-refractivity contribution is 7.92. The van der Waals surface area contributed by atoms with E-state index in [4.69, 9.17) is 4.74 Å². The molecule has 0 aromatic heterocycles. The highest BCUT2D eigenvalue weighted by atomic mass is 32.2. The predicted octanol–water partition coefficient (Wildman–Crippen LogP) is 2.95. The molecule has 0 saturated carbocycles. The number of ether oxygens (including phenoxy) is 1. The first kappa shape index (κ1) is 22.4. The SMILES string of the molecule is Cc1ccc(C)c(NC(=O)[C@@H](C)OC(=O)CN(c2ccccc2C)S(C)(=O)=O)c1. The Morgan fingerprint density at radius 2 is 1.72 bits per heavy atom. The van der Waals surface area contributed by atoms with Crippen LogP contribution in [0.1, 0.15) is 23.6 Å². The molecule has 0 unspecified atom stereocenters. The lowest BCUT2D eigenvalue weighted by Crippen LogP contribution is -2.39. The Labute approximate surface area is 171 Å². The molecule has 1 amide bonds. The fourth-order valence-corrected chi connectivity index (χ4v) is 3.64. The molecule has 0 bridgehead atoms. The standard InChI is InChI=1S/C21H26N2O5S/c1-14-10-11-15(2)18(12-14)22-21(25)17(4)28-20(24)13-23(29(5,26)27)19-9-7-6-8-16(19)3/h6-12,17H,13H2,1-5H3,(H,22,25)/t17-/m1/s1.